The largest absolute Gasteiger partial charge is 0.365 e. The van der Waals surface area contributed by atoms with Crippen LogP contribution in [0.5, 0.6) is 0 Å². The van der Waals surface area contributed by atoms with Crippen molar-refractivity contribution in [3.8, 4) is 10.6 Å². The summed E-state index contributed by atoms with van der Waals surface area (Å²) in [5.74, 6) is -0.116. The van der Waals surface area contributed by atoms with Crippen LogP contribution in [0.2, 0.25) is 0 Å². The highest BCUT2D eigenvalue weighted by Gasteiger charge is 2.16. The van der Waals surface area contributed by atoms with Gasteiger partial charge < -0.3 is 10.6 Å². The fourth-order valence-electron chi connectivity index (χ4n) is 1.96. The summed E-state index contributed by atoms with van der Waals surface area (Å²) in [4.78, 5) is 13.3. The average Bonchev–Trinajstić information content (AvgIpc) is 2.98. The standard InChI is InChI=1S/C15H14FN5S.H3NO2S/c1-9-13(22-15(17-2)19-9)12-11(16)8-18-14(21-12)20-10-6-4-3-5-7-10;1-4(2)3/h3-8H,1-2H3,(H,17,19)(H,18,20,21);4H,(H2,1,2,3). The summed E-state index contributed by atoms with van der Waals surface area (Å²) in [5, 5.41) is 10.8. The highest BCUT2D eigenvalue weighted by molar-refractivity contribution is 7.69. The first kappa shape index (κ1) is 19.7. The molecule has 0 atom stereocenters. The summed E-state index contributed by atoms with van der Waals surface area (Å²) in [6.07, 6.45) is 1.17. The van der Waals surface area contributed by atoms with E-state index in [0.717, 1.165) is 16.5 Å². The number of halogens is 1. The summed E-state index contributed by atoms with van der Waals surface area (Å²) in [6, 6.07) is 9.51. The van der Waals surface area contributed by atoms with Crippen LogP contribution in [-0.2, 0) is 10.9 Å². The molecule has 0 amide bonds. The summed E-state index contributed by atoms with van der Waals surface area (Å²) in [7, 11) is -0.842. The van der Waals surface area contributed by atoms with Crippen molar-refractivity contribution in [3.63, 3.8) is 0 Å². The fourth-order valence-corrected chi connectivity index (χ4v) is 2.87. The van der Waals surface area contributed by atoms with Gasteiger partial charge in [-0.1, -0.05) is 29.5 Å². The predicted molar refractivity (Wildman–Crippen MR) is 102 cm³/mol. The molecule has 3 rings (SSSR count). The van der Waals surface area contributed by atoms with Gasteiger partial charge in [-0.3, -0.25) is 0 Å². The van der Waals surface area contributed by atoms with Crippen molar-refractivity contribution in [3.05, 3.63) is 48.0 Å². The first-order valence-electron chi connectivity index (χ1n) is 7.30. The predicted octanol–water partition coefficient (Wildman–Crippen LogP) is 2.30. The summed E-state index contributed by atoms with van der Waals surface area (Å²) >= 11 is 1.36. The molecule has 8 nitrogen and oxygen atoms in total. The molecule has 0 aliphatic rings. The van der Waals surface area contributed by atoms with Crippen LogP contribution in [0.25, 0.3) is 10.6 Å². The average molecular weight is 396 g/mol. The molecule has 11 heteroatoms. The molecule has 4 N–H and O–H groups in total. The SMILES string of the molecule is CNc1nc(C)c(-c2nc(Nc3ccccc3)ncc2F)s1.N[SH](=O)=O. The van der Waals surface area contributed by atoms with Crippen LogP contribution in [0.4, 0.5) is 21.2 Å². The minimum absolute atomic E-state index is 0.255. The van der Waals surface area contributed by atoms with Crippen LogP contribution < -0.4 is 15.8 Å². The molecule has 2 aromatic heterocycles. The zero-order chi connectivity index (χ0) is 19.1. The van der Waals surface area contributed by atoms with Crippen molar-refractivity contribution in [1.29, 1.82) is 0 Å². The Hall–Kier alpha value is -2.63. The third kappa shape index (κ3) is 5.44. The molecule has 3 aromatic rings. The third-order valence-corrected chi connectivity index (χ3v) is 4.18. The van der Waals surface area contributed by atoms with Crippen molar-refractivity contribution in [2.24, 2.45) is 5.14 Å². The van der Waals surface area contributed by atoms with Crippen LogP contribution in [0.15, 0.2) is 36.5 Å². The number of hydrogen-bond donors (Lipinski definition) is 4. The summed E-state index contributed by atoms with van der Waals surface area (Å²) < 4.78 is 31.7. The van der Waals surface area contributed by atoms with Crippen LogP contribution in [0.3, 0.4) is 0 Å². The lowest BCUT2D eigenvalue weighted by Crippen LogP contribution is -2.00. The second-order valence-corrected chi connectivity index (χ2v) is 6.42. The Kier molecular flexibility index (Phi) is 6.95. The normalized spacial score (nSPS) is 10.2. The number of rotatable bonds is 4. The van der Waals surface area contributed by atoms with E-state index in [0.29, 0.717) is 10.8 Å². The van der Waals surface area contributed by atoms with Crippen molar-refractivity contribution in [1.82, 2.24) is 15.0 Å². The second kappa shape index (κ2) is 9.17. The molecule has 0 spiro atoms. The maximum Gasteiger partial charge on any atom is 0.227 e. The van der Waals surface area contributed by atoms with E-state index in [1.165, 1.54) is 17.5 Å². The number of aryl methyl sites for hydroxylation is 1. The molecule has 0 radical (unpaired) electrons. The zero-order valence-electron chi connectivity index (χ0n) is 13.9. The summed E-state index contributed by atoms with van der Waals surface area (Å²) in [5.41, 5.74) is 1.83. The quantitative estimate of drug-likeness (QED) is 0.499. The summed E-state index contributed by atoms with van der Waals surface area (Å²) in [6.45, 7) is 1.83. The van der Waals surface area contributed by atoms with Gasteiger partial charge >= 0.3 is 0 Å². The van der Waals surface area contributed by atoms with Gasteiger partial charge in [0.1, 0.15) is 5.69 Å². The van der Waals surface area contributed by atoms with E-state index in [9.17, 15) is 4.39 Å². The number of nitrogens with two attached hydrogens (primary N) is 1. The number of thiazole rings is 1. The van der Waals surface area contributed by atoms with Crippen molar-refractivity contribution in [2.45, 2.75) is 6.92 Å². The molecule has 0 aliphatic carbocycles. The topological polar surface area (TPSA) is 123 Å². The van der Waals surface area contributed by atoms with Crippen LogP contribution >= 0.6 is 11.3 Å². The van der Waals surface area contributed by atoms with E-state index in [2.05, 4.69) is 30.7 Å². The highest BCUT2D eigenvalue weighted by atomic mass is 32.2. The van der Waals surface area contributed by atoms with Gasteiger partial charge in [0.2, 0.25) is 5.95 Å². The number of anilines is 3. The Morgan fingerprint density at radius 2 is 1.85 bits per heavy atom. The monoisotopic (exact) mass is 396 g/mol. The third-order valence-electron chi connectivity index (χ3n) is 3.00. The number of thiol groups is 1. The lowest BCUT2D eigenvalue weighted by Gasteiger charge is -2.06. The van der Waals surface area contributed by atoms with Gasteiger partial charge in [0, 0.05) is 12.7 Å². The van der Waals surface area contributed by atoms with Gasteiger partial charge in [-0.2, -0.15) is 0 Å². The van der Waals surface area contributed by atoms with Gasteiger partial charge in [0.15, 0.2) is 21.8 Å². The van der Waals surface area contributed by atoms with E-state index >= 15 is 0 Å². The maximum absolute atomic E-state index is 14.1. The van der Waals surface area contributed by atoms with Crippen LogP contribution in [-0.4, -0.2) is 30.4 Å². The lowest BCUT2D eigenvalue weighted by molar-refractivity contribution is 0.616. The Bertz CT molecular complexity index is 939. The Labute approximate surface area is 155 Å². The molecule has 0 bridgehead atoms. The van der Waals surface area contributed by atoms with Gasteiger partial charge in [-0.05, 0) is 19.1 Å². The molecule has 2 heterocycles. The molecule has 0 saturated carbocycles. The molecule has 138 valence electrons. The number of para-hydroxylation sites is 1. The first-order chi connectivity index (χ1) is 12.4. The maximum atomic E-state index is 14.1. The fraction of sp³-hybridized carbons (Fsp3) is 0.133. The number of aromatic nitrogens is 3. The van der Waals surface area contributed by atoms with Crippen molar-refractivity contribution in [2.75, 3.05) is 17.7 Å². The number of benzene rings is 1. The van der Waals surface area contributed by atoms with E-state index in [1.54, 1.807) is 7.05 Å². The van der Waals surface area contributed by atoms with Crippen molar-refractivity contribution < 1.29 is 12.8 Å². The molecule has 0 saturated heterocycles. The van der Waals surface area contributed by atoms with Gasteiger partial charge in [-0.25, -0.2) is 32.9 Å². The molecule has 0 fully saturated rings. The Morgan fingerprint density at radius 1 is 1.19 bits per heavy atom. The van der Waals surface area contributed by atoms with Gasteiger partial charge in [0.05, 0.1) is 16.8 Å². The molecule has 26 heavy (non-hydrogen) atoms. The lowest BCUT2D eigenvalue weighted by atomic mass is 10.3. The molecule has 0 unspecified atom stereocenters. The van der Waals surface area contributed by atoms with E-state index in [-0.39, 0.29) is 5.69 Å². The Balaban J connectivity index is 0.000000552. The smallest absolute Gasteiger partial charge is 0.227 e. The number of nitrogens with zero attached hydrogens (tertiary/aromatic N) is 3. The van der Waals surface area contributed by atoms with Gasteiger partial charge in [-0.15, -0.1) is 0 Å². The van der Waals surface area contributed by atoms with Gasteiger partial charge in [0.25, 0.3) is 0 Å². The Morgan fingerprint density at radius 3 is 2.42 bits per heavy atom. The van der Waals surface area contributed by atoms with E-state index < -0.39 is 16.7 Å². The van der Waals surface area contributed by atoms with Crippen LogP contribution in [0, 0.1) is 12.7 Å². The van der Waals surface area contributed by atoms with Crippen molar-refractivity contribution >= 4 is 39.0 Å². The minimum atomic E-state index is -2.62. The number of nitrogens with one attached hydrogen (secondary N) is 2. The van der Waals surface area contributed by atoms with E-state index in [4.69, 9.17) is 8.42 Å². The van der Waals surface area contributed by atoms with E-state index in [1.807, 2.05) is 37.3 Å². The number of hydrogen-bond acceptors (Lipinski definition) is 8. The highest BCUT2D eigenvalue weighted by Crippen LogP contribution is 2.33. The van der Waals surface area contributed by atoms with Crippen LogP contribution in [0.1, 0.15) is 5.69 Å². The second-order valence-electron chi connectivity index (χ2n) is 4.85. The molecular formula is C15H17FN6O2S2. The molecule has 1 aromatic carbocycles. The minimum Gasteiger partial charge on any atom is -0.365 e. The first-order valence-corrected chi connectivity index (χ1v) is 9.36. The molecule has 0 aliphatic heterocycles. The molecular weight excluding hydrogens is 379 g/mol. The zero-order valence-corrected chi connectivity index (χ0v) is 15.6.